The third-order valence-electron chi connectivity index (χ3n) is 2.96. The fourth-order valence-corrected chi connectivity index (χ4v) is 3.99. The first-order chi connectivity index (χ1) is 8.58. The van der Waals surface area contributed by atoms with Crippen molar-refractivity contribution < 1.29 is 15.0 Å². The smallest absolute Gasteiger partial charge is 0.261 e. The van der Waals surface area contributed by atoms with Gasteiger partial charge in [-0.3, -0.25) is 4.79 Å². The highest BCUT2D eigenvalue weighted by atomic mass is 32.2. The Bertz CT molecular complexity index is 417. The first-order valence-electron chi connectivity index (χ1n) is 5.81. The van der Waals surface area contributed by atoms with Gasteiger partial charge in [-0.2, -0.15) is 11.8 Å². The second kappa shape index (κ2) is 5.61. The van der Waals surface area contributed by atoms with E-state index in [2.05, 4.69) is 5.32 Å². The summed E-state index contributed by atoms with van der Waals surface area (Å²) in [5, 5.41) is 21.0. The lowest BCUT2D eigenvalue weighted by Crippen LogP contribution is -2.51. The number of amides is 1. The van der Waals surface area contributed by atoms with Gasteiger partial charge in [-0.05, 0) is 30.7 Å². The second-order valence-corrected chi connectivity index (χ2v) is 6.93. The molecule has 0 spiro atoms. The van der Waals surface area contributed by atoms with Gasteiger partial charge in [0.25, 0.3) is 5.91 Å². The molecule has 0 aliphatic carbocycles. The lowest BCUT2D eigenvalue weighted by molar-refractivity contribution is 0.0727. The van der Waals surface area contributed by atoms with E-state index < -0.39 is 5.54 Å². The zero-order chi connectivity index (χ0) is 13.2. The number of fused-ring (bicyclic) bond motifs is 1. The van der Waals surface area contributed by atoms with Crippen LogP contribution in [-0.2, 0) is 12.2 Å². The zero-order valence-electron chi connectivity index (χ0n) is 10.2. The maximum atomic E-state index is 12.1. The molecule has 0 saturated heterocycles. The van der Waals surface area contributed by atoms with Gasteiger partial charge in [-0.25, -0.2) is 0 Å². The van der Waals surface area contributed by atoms with Crippen molar-refractivity contribution in [2.75, 3.05) is 19.0 Å². The van der Waals surface area contributed by atoms with Crippen LogP contribution in [0.25, 0.3) is 0 Å². The maximum absolute atomic E-state index is 12.1. The van der Waals surface area contributed by atoms with Crippen LogP contribution in [0.4, 0.5) is 0 Å². The summed E-state index contributed by atoms with van der Waals surface area (Å²) in [6, 6.07) is 1.93. The lowest BCUT2D eigenvalue weighted by Gasteiger charge is -2.25. The molecular weight excluding hydrogens is 270 g/mol. The molecule has 0 radical (unpaired) electrons. The van der Waals surface area contributed by atoms with E-state index in [0.29, 0.717) is 4.88 Å². The van der Waals surface area contributed by atoms with Crippen molar-refractivity contribution in [1.82, 2.24) is 5.32 Å². The number of hydrogen-bond acceptors (Lipinski definition) is 5. The van der Waals surface area contributed by atoms with E-state index in [-0.39, 0.29) is 19.1 Å². The molecule has 3 N–H and O–H groups in total. The molecule has 6 heteroatoms. The van der Waals surface area contributed by atoms with Crippen molar-refractivity contribution in [2.45, 2.75) is 24.6 Å². The van der Waals surface area contributed by atoms with E-state index in [0.717, 1.165) is 17.9 Å². The summed E-state index contributed by atoms with van der Waals surface area (Å²) in [6.45, 7) is 1.06. The van der Waals surface area contributed by atoms with E-state index in [1.54, 1.807) is 6.92 Å². The molecule has 0 atom stereocenters. The van der Waals surface area contributed by atoms with Gasteiger partial charge < -0.3 is 15.5 Å². The second-order valence-electron chi connectivity index (χ2n) is 4.69. The average Bonchev–Trinajstić information content (AvgIpc) is 2.82. The number of thiophene rings is 1. The molecule has 1 aliphatic rings. The van der Waals surface area contributed by atoms with Crippen molar-refractivity contribution in [2.24, 2.45) is 0 Å². The SMILES string of the molecule is CC(CO)(CO)NC(=O)c1cc2c(s1)CCSC2. The van der Waals surface area contributed by atoms with Crippen molar-refractivity contribution >= 4 is 29.0 Å². The number of carbonyl (C=O) groups excluding carboxylic acids is 1. The maximum Gasteiger partial charge on any atom is 0.261 e. The predicted molar refractivity (Wildman–Crippen MR) is 74.2 cm³/mol. The molecule has 0 fully saturated rings. The standard InChI is InChI=1S/C12H17NO3S2/c1-12(6-14,7-15)13-11(16)10-4-8-5-17-3-2-9(8)18-10/h4,14-15H,2-3,5-7H2,1H3,(H,13,16). The third kappa shape index (κ3) is 2.88. The highest BCUT2D eigenvalue weighted by Crippen LogP contribution is 2.31. The normalized spacial score (nSPS) is 15.3. The van der Waals surface area contributed by atoms with Gasteiger partial charge in [0, 0.05) is 10.6 Å². The molecule has 0 bridgehead atoms. The molecule has 100 valence electrons. The molecule has 1 amide bonds. The Hall–Kier alpha value is -0.560. The number of aryl methyl sites for hydroxylation is 1. The van der Waals surface area contributed by atoms with Crippen molar-refractivity contribution in [3.05, 3.63) is 21.4 Å². The number of rotatable bonds is 4. The van der Waals surface area contributed by atoms with E-state index in [4.69, 9.17) is 10.2 Å². The van der Waals surface area contributed by atoms with Gasteiger partial charge >= 0.3 is 0 Å². The summed E-state index contributed by atoms with van der Waals surface area (Å²) in [4.78, 5) is 14.0. The number of aliphatic hydroxyl groups is 2. The highest BCUT2D eigenvalue weighted by Gasteiger charge is 2.26. The molecule has 0 saturated carbocycles. The van der Waals surface area contributed by atoms with Crippen LogP contribution >= 0.6 is 23.1 Å². The summed E-state index contributed by atoms with van der Waals surface area (Å²) in [6.07, 6.45) is 1.02. The molecule has 0 aromatic carbocycles. The summed E-state index contributed by atoms with van der Waals surface area (Å²) < 4.78 is 0. The van der Waals surface area contributed by atoms with Gasteiger partial charge in [-0.15, -0.1) is 11.3 Å². The molecule has 0 unspecified atom stereocenters. The van der Waals surface area contributed by atoms with Gasteiger partial charge in [0.2, 0.25) is 0 Å². The van der Waals surface area contributed by atoms with Gasteiger partial charge in [0.1, 0.15) is 0 Å². The Morgan fingerprint density at radius 3 is 2.83 bits per heavy atom. The monoisotopic (exact) mass is 287 g/mol. The van der Waals surface area contributed by atoms with Crippen molar-refractivity contribution in [1.29, 1.82) is 0 Å². The zero-order valence-corrected chi connectivity index (χ0v) is 11.9. The number of aliphatic hydroxyl groups excluding tert-OH is 2. The van der Waals surface area contributed by atoms with E-state index in [9.17, 15) is 4.79 Å². The number of carbonyl (C=O) groups is 1. The van der Waals surface area contributed by atoms with Crippen LogP contribution in [-0.4, -0.2) is 40.6 Å². The minimum atomic E-state index is -0.962. The van der Waals surface area contributed by atoms with Gasteiger partial charge in [0.05, 0.1) is 23.6 Å². The molecule has 1 aliphatic heterocycles. The van der Waals surface area contributed by atoms with Crippen LogP contribution in [0.15, 0.2) is 6.07 Å². The molecule has 2 heterocycles. The quantitative estimate of drug-likeness (QED) is 0.773. The molecular formula is C12H17NO3S2. The Labute approximate surface area is 114 Å². The van der Waals surface area contributed by atoms with Gasteiger partial charge in [0.15, 0.2) is 0 Å². The van der Waals surface area contributed by atoms with E-state index in [1.165, 1.54) is 21.8 Å². The van der Waals surface area contributed by atoms with E-state index >= 15 is 0 Å². The van der Waals surface area contributed by atoms with E-state index in [1.807, 2.05) is 17.8 Å². The third-order valence-corrected chi connectivity index (χ3v) is 5.21. The van der Waals surface area contributed by atoms with Crippen LogP contribution < -0.4 is 5.32 Å². The average molecular weight is 287 g/mol. The lowest BCUT2D eigenvalue weighted by atomic mass is 10.1. The highest BCUT2D eigenvalue weighted by molar-refractivity contribution is 7.98. The fourth-order valence-electron chi connectivity index (χ4n) is 1.72. The summed E-state index contributed by atoms with van der Waals surface area (Å²) >= 11 is 3.40. The van der Waals surface area contributed by atoms with Crippen LogP contribution in [0.5, 0.6) is 0 Å². The molecule has 2 rings (SSSR count). The van der Waals surface area contributed by atoms with Crippen molar-refractivity contribution in [3.63, 3.8) is 0 Å². The Kier molecular flexibility index (Phi) is 4.32. The first-order valence-corrected chi connectivity index (χ1v) is 7.78. The molecule has 1 aromatic rings. The number of nitrogens with one attached hydrogen (secondary N) is 1. The van der Waals surface area contributed by atoms with Crippen LogP contribution in [0.3, 0.4) is 0 Å². The van der Waals surface area contributed by atoms with Crippen LogP contribution in [0, 0.1) is 0 Å². The minimum absolute atomic E-state index is 0.218. The molecule has 1 aromatic heterocycles. The predicted octanol–water partition coefficient (Wildman–Crippen LogP) is 1.01. The van der Waals surface area contributed by atoms with Crippen molar-refractivity contribution in [3.8, 4) is 0 Å². The van der Waals surface area contributed by atoms with Gasteiger partial charge in [-0.1, -0.05) is 0 Å². The van der Waals surface area contributed by atoms with Crippen LogP contribution in [0.2, 0.25) is 0 Å². The number of thioether (sulfide) groups is 1. The topological polar surface area (TPSA) is 69.6 Å². The number of hydrogen-bond donors (Lipinski definition) is 3. The summed E-state index contributed by atoms with van der Waals surface area (Å²) in [5.74, 6) is 1.86. The minimum Gasteiger partial charge on any atom is -0.394 e. The van der Waals surface area contributed by atoms with Crippen LogP contribution in [0.1, 0.15) is 27.0 Å². The summed E-state index contributed by atoms with van der Waals surface area (Å²) in [5.41, 5.74) is 0.284. The largest absolute Gasteiger partial charge is 0.394 e. The summed E-state index contributed by atoms with van der Waals surface area (Å²) in [7, 11) is 0. The Morgan fingerprint density at radius 2 is 2.22 bits per heavy atom. The molecule has 4 nitrogen and oxygen atoms in total. The Balaban J connectivity index is 2.11. The fraction of sp³-hybridized carbons (Fsp3) is 0.583. The Morgan fingerprint density at radius 1 is 1.50 bits per heavy atom. The first kappa shape index (κ1) is 13.9. The molecule has 18 heavy (non-hydrogen) atoms.